The quantitative estimate of drug-likeness (QED) is 0.401. The highest BCUT2D eigenvalue weighted by Crippen LogP contribution is 2.24. The molecule has 0 unspecified atom stereocenters. The number of amides is 2. The minimum atomic E-state index is -1.09. The number of para-hydroxylation sites is 1. The summed E-state index contributed by atoms with van der Waals surface area (Å²) < 4.78 is 1.90. The predicted octanol–water partition coefficient (Wildman–Crippen LogP) is 4.91. The van der Waals surface area contributed by atoms with Crippen LogP contribution in [-0.2, 0) is 0 Å². The lowest BCUT2D eigenvalue weighted by atomic mass is 10.2. The van der Waals surface area contributed by atoms with Gasteiger partial charge in [0.05, 0.1) is 16.8 Å². The first-order valence-corrected chi connectivity index (χ1v) is 9.53. The van der Waals surface area contributed by atoms with E-state index in [1.807, 2.05) is 55.7 Å². The molecule has 0 bridgehead atoms. The summed E-state index contributed by atoms with van der Waals surface area (Å²) >= 11 is 5.97. The molecule has 7 nitrogen and oxygen atoms in total. The van der Waals surface area contributed by atoms with E-state index in [2.05, 4.69) is 15.8 Å². The first-order chi connectivity index (χ1) is 14.3. The summed E-state index contributed by atoms with van der Waals surface area (Å²) in [5.74, 6) is -1.09. The predicted molar refractivity (Wildman–Crippen MR) is 118 cm³/mol. The third-order valence-electron chi connectivity index (χ3n) is 4.67. The van der Waals surface area contributed by atoms with Crippen molar-refractivity contribution >= 4 is 35.5 Å². The van der Waals surface area contributed by atoms with E-state index in [1.165, 1.54) is 6.07 Å². The van der Waals surface area contributed by atoms with Crippen molar-refractivity contribution in [2.75, 3.05) is 5.32 Å². The molecule has 0 saturated carbocycles. The van der Waals surface area contributed by atoms with E-state index in [-0.39, 0.29) is 10.6 Å². The van der Waals surface area contributed by atoms with Gasteiger partial charge in [-0.25, -0.2) is 15.0 Å². The summed E-state index contributed by atoms with van der Waals surface area (Å²) in [7, 11) is 0. The lowest BCUT2D eigenvalue weighted by Gasteiger charge is -2.11. The topological polar surface area (TPSA) is 95.7 Å². The minimum Gasteiger partial charge on any atom is -0.478 e. The van der Waals surface area contributed by atoms with Crippen molar-refractivity contribution in [1.29, 1.82) is 0 Å². The molecule has 0 aliphatic rings. The Morgan fingerprint density at radius 3 is 2.53 bits per heavy atom. The zero-order valence-corrected chi connectivity index (χ0v) is 17.5. The van der Waals surface area contributed by atoms with Crippen LogP contribution < -0.4 is 10.7 Å². The van der Waals surface area contributed by atoms with Gasteiger partial charge in [0.2, 0.25) is 0 Å². The monoisotopic (exact) mass is 424 g/mol. The maximum absolute atomic E-state index is 12.1. The van der Waals surface area contributed by atoms with Crippen molar-refractivity contribution in [2.24, 2.45) is 5.10 Å². The molecule has 1 aromatic heterocycles. The maximum atomic E-state index is 12.1. The Hall–Kier alpha value is -3.58. The molecule has 0 aliphatic carbocycles. The molecule has 0 fully saturated rings. The second-order valence-electron chi connectivity index (χ2n) is 6.77. The van der Waals surface area contributed by atoms with Crippen molar-refractivity contribution < 1.29 is 14.7 Å². The van der Waals surface area contributed by atoms with Crippen LogP contribution in [0, 0.1) is 20.8 Å². The van der Waals surface area contributed by atoms with Crippen LogP contribution in [0.2, 0.25) is 5.02 Å². The number of carbonyl (C=O) groups is 2. The number of carbonyl (C=O) groups excluding carboxylic acids is 1. The van der Waals surface area contributed by atoms with Crippen molar-refractivity contribution in [3.8, 4) is 5.69 Å². The van der Waals surface area contributed by atoms with Crippen LogP contribution in [-0.4, -0.2) is 27.9 Å². The first kappa shape index (κ1) is 21.1. The molecule has 0 atom stereocenters. The number of rotatable bonds is 5. The fourth-order valence-electron chi connectivity index (χ4n) is 3.16. The molecule has 1 heterocycles. The van der Waals surface area contributed by atoms with Gasteiger partial charge in [-0.3, -0.25) is 0 Å². The van der Waals surface area contributed by atoms with Crippen molar-refractivity contribution in [1.82, 2.24) is 9.99 Å². The standard InChI is InChI=1S/C22H21ClN4O3/c1-13-6-4-5-7-20(13)25-22(30)26-24-12-16-10-14(2)27(15(16)3)17-8-9-19(23)18(11-17)21(28)29/h4-12H,1-3H3,(H,28,29)(H2,25,26,30)/b24-12+. The van der Waals surface area contributed by atoms with Gasteiger partial charge in [-0.05, 0) is 56.7 Å². The van der Waals surface area contributed by atoms with Crippen LogP contribution in [0.5, 0.6) is 0 Å². The number of anilines is 1. The highest BCUT2D eigenvalue weighted by Gasteiger charge is 2.14. The number of benzene rings is 2. The molecule has 8 heteroatoms. The molecular weight excluding hydrogens is 404 g/mol. The number of carboxylic acids is 1. The van der Waals surface area contributed by atoms with E-state index in [1.54, 1.807) is 18.3 Å². The number of hydrogen-bond donors (Lipinski definition) is 3. The number of carboxylic acid groups (broad SMARTS) is 1. The number of hydrazone groups is 1. The molecule has 0 saturated heterocycles. The average Bonchev–Trinajstić information content (AvgIpc) is 2.97. The highest BCUT2D eigenvalue weighted by atomic mass is 35.5. The summed E-state index contributed by atoms with van der Waals surface area (Å²) in [5, 5.41) is 16.2. The van der Waals surface area contributed by atoms with Crippen LogP contribution in [0.25, 0.3) is 5.69 Å². The summed E-state index contributed by atoms with van der Waals surface area (Å²) in [6.45, 7) is 5.69. The van der Waals surface area contributed by atoms with Crippen molar-refractivity contribution in [3.63, 3.8) is 0 Å². The van der Waals surface area contributed by atoms with Gasteiger partial charge < -0.3 is 15.0 Å². The normalized spacial score (nSPS) is 10.9. The van der Waals surface area contributed by atoms with Gasteiger partial charge in [0.1, 0.15) is 0 Å². The van der Waals surface area contributed by atoms with E-state index in [9.17, 15) is 14.7 Å². The fraction of sp³-hybridized carbons (Fsp3) is 0.136. The molecule has 3 N–H and O–H groups in total. The Balaban J connectivity index is 1.77. The van der Waals surface area contributed by atoms with Gasteiger partial charge in [0.25, 0.3) is 0 Å². The van der Waals surface area contributed by atoms with E-state index in [0.717, 1.165) is 22.5 Å². The number of aryl methyl sites for hydroxylation is 2. The minimum absolute atomic E-state index is 0.0337. The summed E-state index contributed by atoms with van der Waals surface area (Å²) in [4.78, 5) is 23.4. The zero-order chi connectivity index (χ0) is 21.8. The Bertz CT molecular complexity index is 1150. The van der Waals surface area contributed by atoms with Crippen molar-refractivity contribution in [2.45, 2.75) is 20.8 Å². The largest absolute Gasteiger partial charge is 0.478 e. The molecule has 3 rings (SSSR count). The van der Waals surface area contributed by atoms with Crippen LogP contribution >= 0.6 is 11.6 Å². The fourth-order valence-corrected chi connectivity index (χ4v) is 3.35. The third kappa shape index (κ3) is 4.52. The highest BCUT2D eigenvalue weighted by molar-refractivity contribution is 6.33. The summed E-state index contributed by atoms with van der Waals surface area (Å²) in [5.41, 5.74) is 7.33. The number of nitrogens with one attached hydrogen (secondary N) is 2. The molecule has 0 aliphatic heterocycles. The van der Waals surface area contributed by atoms with Crippen LogP contribution in [0.15, 0.2) is 53.6 Å². The number of halogens is 1. The van der Waals surface area contributed by atoms with Crippen LogP contribution in [0.4, 0.5) is 10.5 Å². The molecular formula is C22H21ClN4O3. The SMILES string of the molecule is Cc1ccccc1NC(=O)N/N=C/c1cc(C)n(-c2ccc(Cl)c(C(=O)O)c2)c1C. The molecule has 3 aromatic rings. The number of aromatic carboxylic acids is 1. The molecule has 2 aromatic carbocycles. The maximum Gasteiger partial charge on any atom is 0.339 e. The van der Waals surface area contributed by atoms with E-state index in [4.69, 9.17) is 11.6 Å². The molecule has 2 amide bonds. The van der Waals surface area contributed by atoms with E-state index in [0.29, 0.717) is 11.4 Å². The average molecular weight is 425 g/mol. The Labute approximate surface area is 179 Å². The van der Waals surface area contributed by atoms with Crippen LogP contribution in [0.3, 0.4) is 0 Å². The second-order valence-corrected chi connectivity index (χ2v) is 7.18. The van der Waals surface area contributed by atoms with Gasteiger partial charge in [0, 0.05) is 28.3 Å². The molecule has 154 valence electrons. The van der Waals surface area contributed by atoms with Gasteiger partial charge in [-0.15, -0.1) is 0 Å². The summed E-state index contributed by atoms with van der Waals surface area (Å²) in [6.07, 6.45) is 1.55. The number of nitrogens with zero attached hydrogens (tertiary/aromatic N) is 2. The first-order valence-electron chi connectivity index (χ1n) is 9.15. The molecule has 0 radical (unpaired) electrons. The second kappa shape index (κ2) is 8.84. The lowest BCUT2D eigenvalue weighted by Crippen LogP contribution is -2.24. The number of urea groups is 1. The van der Waals surface area contributed by atoms with Crippen molar-refractivity contribution in [3.05, 3.63) is 81.6 Å². The van der Waals surface area contributed by atoms with Gasteiger partial charge in [-0.2, -0.15) is 5.10 Å². The Morgan fingerprint density at radius 1 is 1.10 bits per heavy atom. The van der Waals surface area contributed by atoms with Gasteiger partial charge in [-0.1, -0.05) is 29.8 Å². The Kier molecular flexibility index (Phi) is 6.23. The van der Waals surface area contributed by atoms with E-state index < -0.39 is 12.0 Å². The number of aromatic nitrogens is 1. The van der Waals surface area contributed by atoms with Crippen LogP contribution in [0.1, 0.15) is 32.9 Å². The van der Waals surface area contributed by atoms with E-state index >= 15 is 0 Å². The van der Waals surface area contributed by atoms with Gasteiger partial charge >= 0.3 is 12.0 Å². The number of hydrogen-bond acceptors (Lipinski definition) is 3. The molecule has 0 spiro atoms. The third-order valence-corrected chi connectivity index (χ3v) is 5.00. The zero-order valence-electron chi connectivity index (χ0n) is 16.7. The lowest BCUT2D eigenvalue weighted by molar-refractivity contribution is 0.0697. The summed E-state index contributed by atoms with van der Waals surface area (Å²) in [6, 6.07) is 13.7. The van der Waals surface area contributed by atoms with Gasteiger partial charge in [0.15, 0.2) is 0 Å². The smallest absolute Gasteiger partial charge is 0.339 e. The molecule has 30 heavy (non-hydrogen) atoms. The Morgan fingerprint density at radius 2 is 1.83 bits per heavy atom.